The zero-order chi connectivity index (χ0) is 17.2. The Balaban J connectivity index is 1.73. The first-order valence-corrected chi connectivity index (χ1v) is 8.51. The summed E-state index contributed by atoms with van der Waals surface area (Å²) < 4.78 is 0. The third kappa shape index (κ3) is 3.22. The Hall–Kier alpha value is -2.82. The second kappa shape index (κ2) is 6.59. The van der Waals surface area contributed by atoms with E-state index in [9.17, 15) is 0 Å². The minimum Gasteiger partial charge on any atom is -0.201 e. The van der Waals surface area contributed by atoms with Gasteiger partial charge in [0.15, 0.2) is 0 Å². The molecule has 0 aliphatic carbocycles. The Labute approximate surface area is 148 Å². The molecule has 4 rings (SSSR count). The summed E-state index contributed by atoms with van der Waals surface area (Å²) in [6.45, 7) is 4.22. The van der Waals surface area contributed by atoms with Crippen LogP contribution in [0, 0.1) is 13.8 Å². The molecule has 2 N–H and O–H groups in total. The highest BCUT2D eigenvalue weighted by molar-refractivity contribution is 5.59. The first-order chi connectivity index (χ1) is 12.2. The summed E-state index contributed by atoms with van der Waals surface area (Å²) in [5.74, 6) is 0. The van der Waals surface area contributed by atoms with Crippen molar-refractivity contribution < 1.29 is 0 Å². The van der Waals surface area contributed by atoms with Crippen LogP contribution in [0.4, 0.5) is 11.4 Å². The SMILES string of the molecule is Cc1cccc(N2NC(c3ccccc3)NN2c2cccc(C)c2)c1. The Morgan fingerprint density at radius 3 is 1.64 bits per heavy atom. The monoisotopic (exact) mass is 330 g/mol. The van der Waals surface area contributed by atoms with Gasteiger partial charge in [0.1, 0.15) is 6.17 Å². The molecular formula is C21H22N4. The second-order valence-corrected chi connectivity index (χ2v) is 6.40. The zero-order valence-electron chi connectivity index (χ0n) is 14.5. The van der Waals surface area contributed by atoms with E-state index in [-0.39, 0.29) is 6.17 Å². The molecule has 1 aliphatic rings. The highest BCUT2D eigenvalue weighted by atomic mass is 16.0. The van der Waals surface area contributed by atoms with E-state index in [2.05, 4.69) is 108 Å². The molecule has 0 atom stereocenters. The lowest BCUT2D eigenvalue weighted by molar-refractivity contribution is 0.574. The summed E-state index contributed by atoms with van der Waals surface area (Å²) in [6, 6.07) is 27.3. The summed E-state index contributed by atoms with van der Waals surface area (Å²) in [7, 11) is 0. The second-order valence-electron chi connectivity index (χ2n) is 6.40. The number of nitrogens with zero attached hydrogens (tertiary/aromatic N) is 2. The molecule has 0 radical (unpaired) electrons. The summed E-state index contributed by atoms with van der Waals surface area (Å²) in [5.41, 5.74) is 13.0. The van der Waals surface area contributed by atoms with Crippen LogP contribution in [-0.2, 0) is 0 Å². The van der Waals surface area contributed by atoms with E-state index >= 15 is 0 Å². The van der Waals surface area contributed by atoms with Crippen molar-refractivity contribution >= 4 is 11.4 Å². The van der Waals surface area contributed by atoms with E-state index in [1.54, 1.807) is 0 Å². The van der Waals surface area contributed by atoms with Gasteiger partial charge in [-0.2, -0.15) is 10.9 Å². The van der Waals surface area contributed by atoms with Gasteiger partial charge in [0.05, 0.1) is 11.4 Å². The van der Waals surface area contributed by atoms with E-state index < -0.39 is 0 Å². The average molecular weight is 330 g/mol. The molecular weight excluding hydrogens is 308 g/mol. The van der Waals surface area contributed by atoms with Gasteiger partial charge < -0.3 is 0 Å². The smallest absolute Gasteiger partial charge is 0.122 e. The molecule has 4 heteroatoms. The van der Waals surface area contributed by atoms with Crippen LogP contribution in [0.25, 0.3) is 0 Å². The molecule has 0 saturated carbocycles. The Bertz CT molecular complexity index is 809. The van der Waals surface area contributed by atoms with Gasteiger partial charge in [-0.15, -0.1) is 0 Å². The molecule has 1 aliphatic heterocycles. The van der Waals surface area contributed by atoms with Crippen molar-refractivity contribution in [3.8, 4) is 0 Å². The van der Waals surface area contributed by atoms with Gasteiger partial charge in [0.25, 0.3) is 0 Å². The van der Waals surface area contributed by atoms with Crippen LogP contribution in [0.15, 0.2) is 78.9 Å². The molecule has 0 aromatic heterocycles. The quantitative estimate of drug-likeness (QED) is 0.751. The van der Waals surface area contributed by atoms with Crippen LogP contribution in [0.5, 0.6) is 0 Å². The Morgan fingerprint density at radius 2 is 1.16 bits per heavy atom. The van der Waals surface area contributed by atoms with Gasteiger partial charge in [0.2, 0.25) is 0 Å². The van der Waals surface area contributed by atoms with Crippen molar-refractivity contribution in [3.63, 3.8) is 0 Å². The number of aryl methyl sites for hydroxylation is 2. The van der Waals surface area contributed by atoms with E-state index in [0.717, 1.165) is 11.4 Å². The molecule has 1 heterocycles. The Kier molecular flexibility index (Phi) is 4.14. The minimum absolute atomic E-state index is 0.00206. The van der Waals surface area contributed by atoms with E-state index in [1.165, 1.54) is 16.7 Å². The van der Waals surface area contributed by atoms with Gasteiger partial charge in [-0.25, -0.2) is 10.2 Å². The minimum atomic E-state index is 0.00206. The van der Waals surface area contributed by atoms with Crippen molar-refractivity contribution in [2.45, 2.75) is 20.0 Å². The van der Waals surface area contributed by atoms with E-state index in [0.29, 0.717) is 0 Å². The molecule has 3 aromatic rings. The molecule has 126 valence electrons. The standard InChI is InChI=1S/C21H22N4/c1-16-8-6-12-19(14-16)24-22-21(18-10-4-3-5-11-18)23-25(24)20-13-7-9-17(2)15-20/h3-15,21-23H,1-2H3. The number of benzene rings is 3. The van der Waals surface area contributed by atoms with Crippen molar-refractivity contribution in [2.75, 3.05) is 10.2 Å². The molecule has 3 aromatic carbocycles. The van der Waals surface area contributed by atoms with Gasteiger partial charge in [0, 0.05) is 0 Å². The summed E-state index contributed by atoms with van der Waals surface area (Å²) in [4.78, 5) is 0. The molecule has 0 unspecified atom stereocenters. The van der Waals surface area contributed by atoms with Crippen molar-refractivity contribution in [3.05, 3.63) is 95.6 Å². The summed E-state index contributed by atoms with van der Waals surface area (Å²) in [6.07, 6.45) is 0.00206. The topological polar surface area (TPSA) is 30.5 Å². The van der Waals surface area contributed by atoms with Gasteiger partial charge in [-0.05, 0) is 54.8 Å². The summed E-state index contributed by atoms with van der Waals surface area (Å²) >= 11 is 0. The van der Waals surface area contributed by atoms with Crippen molar-refractivity contribution in [1.82, 2.24) is 10.9 Å². The average Bonchev–Trinajstić information content (AvgIpc) is 3.08. The predicted molar refractivity (Wildman–Crippen MR) is 103 cm³/mol. The first kappa shape index (κ1) is 15.7. The predicted octanol–water partition coefficient (Wildman–Crippen LogP) is 4.25. The van der Waals surface area contributed by atoms with Crippen LogP contribution >= 0.6 is 0 Å². The van der Waals surface area contributed by atoms with Crippen molar-refractivity contribution in [1.29, 1.82) is 0 Å². The van der Waals surface area contributed by atoms with Gasteiger partial charge >= 0.3 is 0 Å². The normalized spacial score (nSPS) is 15.0. The van der Waals surface area contributed by atoms with Crippen LogP contribution in [0.3, 0.4) is 0 Å². The maximum absolute atomic E-state index is 3.57. The number of hydrogen-bond donors (Lipinski definition) is 2. The lowest BCUT2D eigenvalue weighted by Crippen LogP contribution is -2.45. The van der Waals surface area contributed by atoms with Crippen LogP contribution < -0.4 is 21.1 Å². The highest BCUT2D eigenvalue weighted by Gasteiger charge is 2.30. The third-order valence-corrected chi connectivity index (χ3v) is 4.33. The largest absolute Gasteiger partial charge is 0.201 e. The number of rotatable bonds is 3. The summed E-state index contributed by atoms with van der Waals surface area (Å²) in [5, 5.41) is 4.14. The molecule has 1 saturated heterocycles. The highest BCUT2D eigenvalue weighted by Crippen LogP contribution is 2.28. The fourth-order valence-electron chi connectivity index (χ4n) is 3.08. The third-order valence-electron chi connectivity index (χ3n) is 4.33. The fourth-order valence-corrected chi connectivity index (χ4v) is 3.08. The molecule has 0 spiro atoms. The number of hydrazine groups is 3. The number of anilines is 2. The molecule has 1 fully saturated rings. The number of hydrogen-bond acceptors (Lipinski definition) is 4. The van der Waals surface area contributed by atoms with E-state index in [1.807, 2.05) is 6.07 Å². The van der Waals surface area contributed by atoms with Crippen LogP contribution in [-0.4, -0.2) is 0 Å². The molecule has 0 bridgehead atoms. The molecule has 0 amide bonds. The first-order valence-electron chi connectivity index (χ1n) is 8.51. The number of nitrogens with one attached hydrogen (secondary N) is 2. The Morgan fingerprint density at radius 1 is 0.640 bits per heavy atom. The van der Waals surface area contributed by atoms with Crippen molar-refractivity contribution in [2.24, 2.45) is 0 Å². The maximum Gasteiger partial charge on any atom is 0.122 e. The maximum atomic E-state index is 3.57. The van der Waals surface area contributed by atoms with Gasteiger partial charge in [-0.3, -0.25) is 0 Å². The molecule has 4 nitrogen and oxygen atoms in total. The zero-order valence-corrected chi connectivity index (χ0v) is 14.5. The lowest BCUT2D eigenvalue weighted by atomic mass is 10.2. The molecule has 25 heavy (non-hydrogen) atoms. The lowest BCUT2D eigenvalue weighted by Gasteiger charge is -2.29. The van der Waals surface area contributed by atoms with Crippen LogP contribution in [0.2, 0.25) is 0 Å². The fraction of sp³-hybridized carbons (Fsp3) is 0.143. The van der Waals surface area contributed by atoms with E-state index in [4.69, 9.17) is 0 Å². The van der Waals surface area contributed by atoms with Crippen LogP contribution in [0.1, 0.15) is 22.9 Å². The van der Waals surface area contributed by atoms with Gasteiger partial charge in [-0.1, -0.05) is 54.6 Å².